The van der Waals surface area contributed by atoms with Crippen LogP contribution in [-0.4, -0.2) is 41.8 Å². The molecule has 1 saturated heterocycles. The number of aryl methyl sites for hydroxylation is 1. The summed E-state index contributed by atoms with van der Waals surface area (Å²) in [7, 11) is 0. The fourth-order valence-corrected chi connectivity index (χ4v) is 4.73. The number of benzene rings is 2. The van der Waals surface area contributed by atoms with Crippen LogP contribution in [-0.2, 0) is 10.9 Å². The molecule has 2 N–H and O–H groups in total. The summed E-state index contributed by atoms with van der Waals surface area (Å²) in [5.74, 6) is -0.655. The SMILES string of the molecule is Cc1ccc(NC(=O)c2ccnc(C(F)(F)F)c2)cc1-c1ccc2c(c1)N1CCOC[C@@H]1C[C@@H]2O. The first-order chi connectivity index (χ1) is 16.7. The van der Waals surface area contributed by atoms with E-state index in [1.165, 1.54) is 6.07 Å². The lowest BCUT2D eigenvalue weighted by atomic mass is 9.89. The number of anilines is 2. The number of nitrogens with zero attached hydrogens (tertiary/aromatic N) is 2. The van der Waals surface area contributed by atoms with Gasteiger partial charge in [-0.1, -0.05) is 18.2 Å². The van der Waals surface area contributed by atoms with Crippen LogP contribution in [0.25, 0.3) is 11.1 Å². The maximum absolute atomic E-state index is 13.0. The molecule has 0 aliphatic carbocycles. The molecular weight excluding hydrogens is 459 g/mol. The topological polar surface area (TPSA) is 74.7 Å². The van der Waals surface area contributed by atoms with Gasteiger partial charge in [-0.25, -0.2) is 0 Å². The molecule has 6 nitrogen and oxygen atoms in total. The van der Waals surface area contributed by atoms with Crippen LogP contribution in [0.5, 0.6) is 0 Å². The monoisotopic (exact) mass is 483 g/mol. The molecule has 35 heavy (non-hydrogen) atoms. The van der Waals surface area contributed by atoms with Crippen molar-refractivity contribution in [3.05, 3.63) is 77.1 Å². The van der Waals surface area contributed by atoms with Crippen LogP contribution in [0, 0.1) is 6.92 Å². The Kier molecular flexibility index (Phi) is 5.98. The number of aliphatic hydroxyl groups is 1. The minimum atomic E-state index is -4.63. The Morgan fingerprint density at radius 2 is 2.00 bits per heavy atom. The molecule has 0 saturated carbocycles. The van der Waals surface area contributed by atoms with Crippen molar-refractivity contribution in [2.75, 3.05) is 30.0 Å². The van der Waals surface area contributed by atoms with Crippen LogP contribution in [0.2, 0.25) is 0 Å². The summed E-state index contributed by atoms with van der Waals surface area (Å²) in [4.78, 5) is 18.2. The van der Waals surface area contributed by atoms with E-state index in [-0.39, 0.29) is 11.6 Å². The fourth-order valence-electron chi connectivity index (χ4n) is 4.73. The highest BCUT2D eigenvalue weighted by atomic mass is 19.4. The van der Waals surface area contributed by atoms with E-state index in [0.717, 1.165) is 46.7 Å². The molecule has 1 aromatic heterocycles. The van der Waals surface area contributed by atoms with Crippen LogP contribution in [0.3, 0.4) is 0 Å². The molecule has 3 heterocycles. The summed E-state index contributed by atoms with van der Waals surface area (Å²) in [6.45, 7) is 3.90. The highest BCUT2D eigenvalue weighted by Gasteiger charge is 2.34. The second-order valence-electron chi connectivity index (χ2n) is 8.86. The summed E-state index contributed by atoms with van der Waals surface area (Å²) in [6.07, 6.45) is -3.60. The van der Waals surface area contributed by atoms with E-state index in [4.69, 9.17) is 4.74 Å². The molecule has 9 heteroatoms. The van der Waals surface area contributed by atoms with Crippen LogP contribution in [0.15, 0.2) is 54.7 Å². The minimum Gasteiger partial charge on any atom is -0.388 e. The molecule has 5 rings (SSSR count). The van der Waals surface area contributed by atoms with E-state index in [2.05, 4.69) is 15.2 Å². The number of amides is 1. The number of hydrogen-bond donors (Lipinski definition) is 2. The van der Waals surface area contributed by atoms with Gasteiger partial charge >= 0.3 is 6.18 Å². The van der Waals surface area contributed by atoms with Gasteiger partial charge in [0.25, 0.3) is 5.91 Å². The van der Waals surface area contributed by atoms with Gasteiger partial charge in [-0.05, 0) is 53.9 Å². The minimum absolute atomic E-state index is 0.121. The van der Waals surface area contributed by atoms with Crippen molar-refractivity contribution in [2.45, 2.75) is 31.7 Å². The van der Waals surface area contributed by atoms with Crippen LogP contribution >= 0.6 is 0 Å². The Hall–Kier alpha value is -3.43. The summed E-state index contributed by atoms with van der Waals surface area (Å²) >= 11 is 0. The maximum Gasteiger partial charge on any atom is 0.433 e. The second kappa shape index (κ2) is 8.98. The van der Waals surface area contributed by atoms with Crippen molar-refractivity contribution in [2.24, 2.45) is 0 Å². The van der Waals surface area contributed by atoms with E-state index in [9.17, 15) is 23.1 Å². The number of alkyl halides is 3. The molecule has 2 aromatic carbocycles. The Labute approximate surface area is 200 Å². The van der Waals surface area contributed by atoms with Crippen LogP contribution in [0.1, 0.15) is 39.7 Å². The number of pyridine rings is 1. The highest BCUT2D eigenvalue weighted by molar-refractivity contribution is 6.04. The van der Waals surface area contributed by atoms with E-state index in [0.29, 0.717) is 25.3 Å². The molecule has 1 fully saturated rings. The molecule has 0 spiro atoms. The zero-order chi connectivity index (χ0) is 24.7. The third kappa shape index (κ3) is 4.61. The lowest BCUT2D eigenvalue weighted by molar-refractivity contribution is -0.141. The molecule has 1 amide bonds. The fraction of sp³-hybridized carbons (Fsp3) is 0.308. The van der Waals surface area contributed by atoms with Crippen molar-refractivity contribution < 1.29 is 27.8 Å². The van der Waals surface area contributed by atoms with Crippen molar-refractivity contribution in [1.82, 2.24) is 4.98 Å². The molecule has 2 aliphatic rings. The third-order valence-corrected chi connectivity index (χ3v) is 6.54. The normalized spacial score (nSPS) is 19.6. The molecule has 2 atom stereocenters. The van der Waals surface area contributed by atoms with Gasteiger partial charge in [-0.15, -0.1) is 0 Å². The highest BCUT2D eigenvalue weighted by Crippen LogP contribution is 2.41. The smallest absolute Gasteiger partial charge is 0.388 e. The second-order valence-corrected chi connectivity index (χ2v) is 8.86. The molecule has 0 radical (unpaired) electrons. The lowest BCUT2D eigenvalue weighted by Gasteiger charge is -2.43. The predicted octanol–water partition coefficient (Wildman–Crippen LogP) is 4.97. The van der Waals surface area contributed by atoms with Crippen molar-refractivity contribution >= 4 is 17.3 Å². The van der Waals surface area contributed by atoms with Crippen molar-refractivity contribution in [3.63, 3.8) is 0 Å². The number of aliphatic hydroxyl groups excluding tert-OH is 1. The van der Waals surface area contributed by atoms with Gasteiger partial charge in [-0.2, -0.15) is 13.2 Å². The largest absolute Gasteiger partial charge is 0.433 e. The van der Waals surface area contributed by atoms with Gasteiger partial charge in [0.1, 0.15) is 5.69 Å². The standard InChI is InChI=1S/C26H24F3N3O3/c1-15-2-4-18(31-25(34)17-6-7-30-24(11-17)26(27,28)29)12-21(15)16-3-5-20-22(10-16)32-8-9-35-14-19(32)13-23(20)33/h2-7,10-12,19,23,33H,8-9,13-14H2,1H3,(H,31,34)/t19-,23-/m0/s1. The van der Waals surface area contributed by atoms with Gasteiger partial charge in [0.15, 0.2) is 0 Å². The van der Waals surface area contributed by atoms with Crippen LogP contribution < -0.4 is 10.2 Å². The average Bonchev–Trinajstić information content (AvgIpc) is 2.84. The van der Waals surface area contributed by atoms with Crippen LogP contribution in [0.4, 0.5) is 24.5 Å². The number of ether oxygens (including phenoxy) is 1. The molecular formula is C26H24F3N3O3. The summed E-state index contributed by atoms with van der Waals surface area (Å²) < 4.78 is 44.5. The quantitative estimate of drug-likeness (QED) is 0.550. The van der Waals surface area contributed by atoms with Gasteiger partial charge in [0.2, 0.25) is 0 Å². The number of nitrogens with one attached hydrogen (secondary N) is 1. The molecule has 0 unspecified atom stereocenters. The number of carbonyl (C=O) groups is 1. The Morgan fingerprint density at radius 3 is 2.80 bits per heavy atom. The summed E-state index contributed by atoms with van der Waals surface area (Å²) in [5.41, 5.74) is 3.83. The first-order valence-electron chi connectivity index (χ1n) is 11.3. The Bertz CT molecular complexity index is 1280. The molecule has 0 bridgehead atoms. The first kappa shape index (κ1) is 23.3. The van der Waals surface area contributed by atoms with E-state index >= 15 is 0 Å². The van der Waals surface area contributed by atoms with E-state index in [1.807, 2.05) is 31.2 Å². The van der Waals surface area contributed by atoms with Gasteiger partial charge in [0.05, 0.1) is 25.4 Å². The van der Waals surface area contributed by atoms with E-state index in [1.54, 1.807) is 12.1 Å². The average molecular weight is 483 g/mol. The third-order valence-electron chi connectivity index (χ3n) is 6.54. The number of fused-ring (bicyclic) bond motifs is 3. The van der Waals surface area contributed by atoms with E-state index < -0.39 is 23.9 Å². The zero-order valence-corrected chi connectivity index (χ0v) is 19.0. The van der Waals surface area contributed by atoms with Crippen molar-refractivity contribution in [1.29, 1.82) is 0 Å². The number of morpholine rings is 1. The van der Waals surface area contributed by atoms with Gasteiger partial charge < -0.3 is 20.1 Å². The Balaban J connectivity index is 1.44. The molecule has 3 aromatic rings. The molecule has 182 valence electrons. The summed E-state index contributed by atoms with van der Waals surface area (Å²) in [5, 5.41) is 13.3. The zero-order valence-electron chi connectivity index (χ0n) is 19.0. The van der Waals surface area contributed by atoms with Gasteiger partial charge in [-0.3, -0.25) is 9.78 Å². The molecule has 2 aliphatic heterocycles. The predicted molar refractivity (Wildman–Crippen MR) is 125 cm³/mol. The summed E-state index contributed by atoms with van der Waals surface area (Å²) in [6, 6.07) is 13.4. The number of aromatic nitrogens is 1. The lowest BCUT2D eigenvalue weighted by Crippen LogP contribution is -2.49. The number of carbonyl (C=O) groups excluding carboxylic acids is 1. The van der Waals surface area contributed by atoms with Gasteiger partial charge in [0, 0.05) is 41.7 Å². The van der Waals surface area contributed by atoms with Crippen molar-refractivity contribution in [3.8, 4) is 11.1 Å². The maximum atomic E-state index is 13.0. The number of rotatable bonds is 3. The Morgan fingerprint density at radius 1 is 1.17 bits per heavy atom. The number of halogens is 3. The first-order valence-corrected chi connectivity index (χ1v) is 11.3. The number of hydrogen-bond acceptors (Lipinski definition) is 5.